The van der Waals surface area contributed by atoms with Crippen molar-refractivity contribution in [2.24, 2.45) is 0 Å². The number of nitrogens with zero attached hydrogens (tertiary/aromatic N) is 3. The van der Waals surface area contributed by atoms with Gasteiger partial charge in [-0.05, 0) is 33.4 Å². The fourth-order valence-corrected chi connectivity index (χ4v) is 3.67. The highest BCUT2D eigenvalue weighted by Crippen LogP contribution is 2.28. The van der Waals surface area contributed by atoms with E-state index in [1.807, 2.05) is 11.3 Å². The molecule has 1 aromatic heterocycles. The van der Waals surface area contributed by atoms with E-state index in [0.717, 1.165) is 39.1 Å². The van der Waals surface area contributed by atoms with E-state index in [9.17, 15) is 0 Å². The number of nitrogens with one attached hydrogen (secondary N) is 1. The molecule has 1 N–H and O–H groups in total. The Hall–Kier alpha value is -0.650. The Morgan fingerprint density at radius 2 is 2.15 bits per heavy atom. The van der Waals surface area contributed by atoms with E-state index in [4.69, 9.17) is 4.98 Å². The summed E-state index contributed by atoms with van der Waals surface area (Å²) in [6, 6.07) is 0.611. The van der Waals surface area contributed by atoms with Crippen LogP contribution in [0, 0.1) is 0 Å². The van der Waals surface area contributed by atoms with Crippen molar-refractivity contribution >= 4 is 16.5 Å². The summed E-state index contributed by atoms with van der Waals surface area (Å²) >= 11 is 1.88. The van der Waals surface area contributed by atoms with Crippen molar-refractivity contribution in [3.63, 3.8) is 0 Å². The molecule has 4 nitrogen and oxygen atoms in total. The molecule has 2 heterocycles. The third kappa shape index (κ3) is 3.71. The first-order valence-corrected chi connectivity index (χ1v) is 8.61. The molecule has 0 saturated carbocycles. The Kier molecular flexibility index (Phi) is 5.81. The number of hydrogen-bond acceptors (Lipinski definition) is 5. The number of aromatic nitrogens is 1. The van der Waals surface area contributed by atoms with Gasteiger partial charge >= 0.3 is 0 Å². The molecule has 0 aromatic carbocycles. The highest BCUT2D eigenvalue weighted by Gasteiger charge is 2.23. The minimum Gasteiger partial charge on any atom is -0.345 e. The highest BCUT2D eigenvalue weighted by atomic mass is 32.1. The zero-order valence-electron chi connectivity index (χ0n) is 13.3. The molecule has 0 aliphatic carbocycles. The lowest BCUT2D eigenvalue weighted by Gasteiger charge is -2.37. The van der Waals surface area contributed by atoms with Crippen molar-refractivity contribution in [2.75, 3.05) is 38.1 Å². The Morgan fingerprint density at radius 3 is 2.80 bits per heavy atom. The van der Waals surface area contributed by atoms with E-state index >= 15 is 0 Å². The number of thiazole rings is 1. The molecule has 20 heavy (non-hydrogen) atoms. The average molecular weight is 296 g/mol. The molecule has 0 bridgehead atoms. The van der Waals surface area contributed by atoms with Crippen LogP contribution in [0.2, 0.25) is 0 Å². The maximum absolute atomic E-state index is 4.88. The zero-order chi connectivity index (χ0) is 14.5. The number of likely N-dealkylation sites (N-methyl/N-ethyl adjacent to an activating group) is 1. The van der Waals surface area contributed by atoms with Gasteiger partial charge in [0.05, 0.1) is 5.69 Å². The second kappa shape index (κ2) is 7.38. The summed E-state index contributed by atoms with van der Waals surface area (Å²) in [7, 11) is 2.21. The molecular weight excluding hydrogens is 268 g/mol. The van der Waals surface area contributed by atoms with Gasteiger partial charge in [-0.1, -0.05) is 13.8 Å². The molecule has 1 atom stereocenters. The minimum absolute atomic E-state index is 0.611. The molecule has 1 aliphatic heterocycles. The van der Waals surface area contributed by atoms with Crippen LogP contribution in [0.5, 0.6) is 0 Å². The van der Waals surface area contributed by atoms with Gasteiger partial charge in [-0.15, -0.1) is 11.3 Å². The van der Waals surface area contributed by atoms with E-state index < -0.39 is 0 Å². The topological polar surface area (TPSA) is 31.4 Å². The van der Waals surface area contributed by atoms with E-state index in [-0.39, 0.29) is 0 Å². The lowest BCUT2D eigenvalue weighted by atomic mass is 10.2. The summed E-state index contributed by atoms with van der Waals surface area (Å²) in [5.74, 6) is 0. The van der Waals surface area contributed by atoms with E-state index in [2.05, 4.69) is 42.9 Å². The number of aryl methyl sites for hydroxylation is 1. The van der Waals surface area contributed by atoms with Gasteiger partial charge in [-0.2, -0.15) is 0 Å². The lowest BCUT2D eigenvalue weighted by molar-refractivity contribution is 0.234. The molecule has 1 unspecified atom stereocenters. The van der Waals surface area contributed by atoms with Crippen molar-refractivity contribution < 1.29 is 0 Å². The van der Waals surface area contributed by atoms with Gasteiger partial charge < -0.3 is 15.1 Å². The number of piperazine rings is 1. The first-order chi connectivity index (χ1) is 9.65. The van der Waals surface area contributed by atoms with Gasteiger partial charge in [0.15, 0.2) is 5.13 Å². The van der Waals surface area contributed by atoms with Crippen molar-refractivity contribution in [3.8, 4) is 0 Å². The minimum atomic E-state index is 0.611. The van der Waals surface area contributed by atoms with E-state index in [1.165, 1.54) is 22.1 Å². The van der Waals surface area contributed by atoms with Crippen LogP contribution in [0.15, 0.2) is 0 Å². The molecule has 1 aromatic rings. The third-order valence-corrected chi connectivity index (χ3v) is 5.20. The molecule has 0 amide bonds. The maximum atomic E-state index is 4.88. The Balaban J connectivity index is 2.04. The summed E-state index contributed by atoms with van der Waals surface area (Å²) < 4.78 is 0. The summed E-state index contributed by atoms with van der Waals surface area (Å²) in [5.41, 5.74) is 1.28. The van der Waals surface area contributed by atoms with E-state index in [1.54, 1.807) is 0 Å². The maximum Gasteiger partial charge on any atom is 0.185 e. The SMILES string of the molecule is CCCNCc1sc(N2CCN(C)C(C)C2)nc1CC. The highest BCUT2D eigenvalue weighted by molar-refractivity contribution is 7.15. The van der Waals surface area contributed by atoms with Crippen molar-refractivity contribution in [3.05, 3.63) is 10.6 Å². The standard InChI is InChI=1S/C15H28N4S/c1-5-7-16-10-14-13(6-2)17-15(20-14)19-9-8-18(4)12(3)11-19/h12,16H,5-11H2,1-4H3. The van der Waals surface area contributed by atoms with Gasteiger partial charge in [0.25, 0.3) is 0 Å². The first kappa shape index (κ1) is 15.7. The van der Waals surface area contributed by atoms with Gasteiger partial charge in [0.2, 0.25) is 0 Å². The zero-order valence-corrected chi connectivity index (χ0v) is 14.1. The smallest absolute Gasteiger partial charge is 0.185 e. The molecule has 1 aliphatic rings. The van der Waals surface area contributed by atoms with Crippen molar-refractivity contribution in [1.29, 1.82) is 0 Å². The first-order valence-electron chi connectivity index (χ1n) is 7.80. The molecule has 1 saturated heterocycles. The Labute approximate surface area is 127 Å². The van der Waals surface area contributed by atoms with Crippen LogP contribution in [-0.2, 0) is 13.0 Å². The molecule has 0 spiro atoms. The lowest BCUT2D eigenvalue weighted by Crippen LogP contribution is -2.50. The number of anilines is 1. The van der Waals surface area contributed by atoms with Gasteiger partial charge in [-0.3, -0.25) is 0 Å². The molecular formula is C15H28N4S. The average Bonchev–Trinajstić information content (AvgIpc) is 2.85. The largest absolute Gasteiger partial charge is 0.345 e. The Bertz CT molecular complexity index is 418. The summed E-state index contributed by atoms with van der Waals surface area (Å²) in [4.78, 5) is 11.2. The molecule has 5 heteroatoms. The molecule has 1 fully saturated rings. The molecule has 2 rings (SSSR count). The quantitative estimate of drug-likeness (QED) is 0.817. The van der Waals surface area contributed by atoms with Crippen LogP contribution < -0.4 is 10.2 Å². The fourth-order valence-electron chi connectivity index (χ4n) is 2.52. The van der Waals surface area contributed by atoms with E-state index in [0.29, 0.717) is 6.04 Å². The fraction of sp³-hybridized carbons (Fsp3) is 0.800. The van der Waals surface area contributed by atoms with Crippen LogP contribution in [-0.4, -0.2) is 49.2 Å². The van der Waals surface area contributed by atoms with Crippen molar-refractivity contribution in [2.45, 2.75) is 46.2 Å². The number of rotatable bonds is 6. The van der Waals surface area contributed by atoms with Gasteiger partial charge in [0, 0.05) is 37.1 Å². The van der Waals surface area contributed by atoms with Crippen LogP contribution >= 0.6 is 11.3 Å². The predicted octanol–water partition coefficient (Wildman–Crippen LogP) is 2.35. The Morgan fingerprint density at radius 1 is 1.35 bits per heavy atom. The van der Waals surface area contributed by atoms with Crippen molar-refractivity contribution in [1.82, 2.24) is 15.2 Å². The van der Waals surface area contributed by atoms with Crippen LogP contribution in [0.25, 0.3) is 0 Å². The molecule has 114 valence electrons. The van der Waals surface area contributed by atoms with Crippen LogP contribution in [0.4, 0.5) is 5.13 Å². The van der Waals surface area contributed by atoms with Crippen LogP contribution in [0.3, 0.4) is 0 Å². The monoisotopic (exact) mass is 296 g/mol. The van der Waals surface area contributed by atoms with Gasteiger partial charge in [-0.25, -0.2) is 4.98 Å². The normalized spacial score (nSPS) is 20.6. The number of hydrogen-bond donors (Lipinski definition) is 1. The summed E-state index contributed by atoms with van der Waals surface area (Å²) in [5, 5.41) is 4.72. The summed E-state index contributed by atoms with van der Waals surface area (Å²) in [6.07, 6.45) is 2.21. The second-order valence-electron chi connectivity index (χ2n) is 5.67. The predicted molar refractivity (Wildman–Crippen MR) is 87.8 cm³/mol. The third-order valence-electron chi connectivity index (χ3n) is 4.04. The molecule has 0 radical (unpaired) electrons. The summed E-state index contributed by atoms with van der Waals surface area (Å²) in [6.45, 7) is 12.1. The van der Waals surface area contributed by atoms with Crippen LogP contribution in [0.1, 0.15) is 37.8 Å². The second-order valence-corrected chi connectivity index (χ2v) is 6.73. The van der Waals surface area contributed by atoms with Gasteiger partial charge in [0.1, 0.15) is 0 Å².